The molecule has 4 fully saturated rings. The molecule has 0 aromatic carbocycles. The second-order valence-electron chi connectivity index (χ2n) is 7.67. The molecule has 2 aliphatic carbocycles. The first-order chi connectivity index (χ1) is 10.3. The lowest BCUT2D eigenvalue weighted by molar-refractivity contribution is -0.194. The predicted molar refractivity (Wildman–Crippen MR) is 81.9 cm³/mol. The van der Waals surface area contributed by atoms with E-state index in [-0.39, 0.29) is 5.79 Å². The summed E-state index contributed by atoms with van der Waals surface area (Å²) in [5.74, 6) is 1.61. The largest absolute Gasteiger partial charge is 0.347 e. The third-order valence-corrected chi connectivity index (χ3v) is 6.48. The van der Waals surface area contributed by atoms with Crippen LogP contribution in [0.4, 0.5) is 0 Å². The van der Waals surface area contributed by atoms with Crippen LogP contribution in [-0.2, 0) is 9.47 Å². The van der Waals surface area contributed by atoms with Crippen molar-refractivity contribution in [3.63, 3.8) is 0 Å². The zero-order valence-electron chi connectivity index (χ0n) is 13.1. The van der Waals surface area contributed by atoms with Gasteiger partial charge >= 0.3 is 0 Å². The number of hydrogen-bond acceptors (Lipinski definition) is 4. The van der Waals surface area contributed by atoms with Gasteiger partial charge in [-0.2, -0.15) is 0 Å². The van der Waals surface area contributed by atoms with Crippen LogP contribution in [0.15, 0.2) is 0 Å². The van der Waals surface area contributed by atoms with E-state index in [1.807, 2.05) is 0 Å². The summed E-state index contributed by atoms with van der Waals surface area (Å²) in [6.07, 6.45) is 10.2. The van der Waals surface area contributed by atoms with Crippen LogP contribution in [0.5, 0.6) is 0 Å². The molecular formula is C17H30N2O2. The van der Waals surface area contributed by atoms with Crippen molar-refractivity contribution >= 4 is 0 Å². The van der Waals surface area contributed by atoms with Gasteiger partial charge in [-0.15, -0.1) is 0 Å². The van der Waals surface area contributed by atoms with Crippen LogP contribution < -0.4 is 5.73 Å². The summed E-state index contributed by atoms with van der Waals surface area (Å²) in [4.78, 5) is 2.68. The molecule has 0 bridgehead atoms. The summed E-state index contributed by atoms with van der Waals surface area (Å²) in [7, 11) is 0. The number of piperidine rings is 1. The summed E-state index contributed by atoms with van der Waals surface area (Å²) >= 11 is 0. The van der Waals surface area contributed by atoms with Gasteiger partial charge in [0.25, 0.3) is 0 Å². The van der Waals surface area contributed by atoms with Crippen LogP contribution in [-0.4, -0.2) is 49.1 Å². The molecule has 4 heteroatoms. The third kappa shape index (κ3) is 2.76. The van der Waals surface area contributed by atoms with Crippen molar-refractivity contribution in [3.8, 4) is 0 Å². The van der Waals surface area contributed by atoms with E-state index in [4.69, 9.17) is 15.2 Å². The normalized spacial score (nSPS) is 43.9. The Morgan fingerprint density at radius 3 is 2.52 bits per heavy atom. The van der Waals surface area contributed by atoms with E-state index in [9.17, 15) is 0 Å². The molecule has 4 unspecified atom stereocenters. The lowest BCUT2D eigenvalue weighted by atomic mass is 9.74. The van der Waals surface area contributed by atoms with Crippen LogP contribution in [0.1, 0.15) is 51.4 Å². The Labute approximate surface area is 128 Å². The molecule has 0 amide bonds. The molecule has 2 N–H and O–H groups in total. The van der Waals surface area contributed by atoms with E-state index >= 15 is 0 Å². The number of hydrogen-bond donors (Lipinski definition) is 1. The second kappa shape index (κ2) is 5.80. The van der Waals surface area contributed by atoms with E-state index in [1.165, 1.54) is 45.2 Å². The number of ether oxygens (including phenoxy) is 2. The van der Waals surface area contributed by atoms with E-state index in [0.717, 1.165) is 44.3 Å². The van der Waals surface area contributed by atoms with Gasteiger partial charge < -0.3 is 15.2 Å². The van der Waals surface area contributed by atoms with Gasteiger partial charge in [0.15, 0.2) is 5.79 Å². The van der Waals surface area contributed by atoms with Crippen LogP contribution in [0.25, 0.3) is 0 Å². The van der Waals surface area contributed by atoms with Crippen LogP contribution >= 0.6 is 0 Å². The molecule has 0 aromatic rings. The van der Waals surface area contributed by atoms with Crippen LogP contribution in [0, 0.1) is 11.8 Å². The van der Waals surface area contributed by atoms with Crippen molar-refractivity contribution in [2.24, 2.45) is 17.6 Å². The lowest BCUT2D eigenvalue weighted by Crippen LogP contribution is -2.59. The van der Waals surface area contributed by atoms with Gasteiger partial charge in [-0.1, -0.05) is 19.3 Å². The van der Waals surface area contributed by atoms with Crippen molar-refractivity contribution in [2.45, 2.75) is 69.2 Å². The Hall–Kier alpha value is -0.160. The molecule has 1 spiro atoms. The smallest absolute Gasteiger partial charge is 0.170 e. The topological polar surface area (TPSA) is 47.7 Å². The van der Waals surface area contributed by atoms with Crippen molar-refractivity contribution < 1.29 is 9.47 Å². The molecule has 4 rings (SSSR count). The SMILES string of the molecule is NC1CCC2(CC1N1CCC3CCCCC3C1)OCCO2. The van der Waals surface area contributed by atoms with Crippen LogP contribution in [0.2, 0.25) is 0 Å². The maximum absolute atomic E-state index is 6.48. The van der Waals surface area contributed by atoms with Crippen molar-refractivity contribution in [3.05, 3.63) is 0 Å². The average molecular weight is 294 g/mol. The zero-order valence-corrected chi connectivity index (χ0v) is 13.1. The molecular weight excluding hydrogens is 264 g/mol. The van der Waals surface area contributed by atoms with Gasteiger partial charge in [0.2, 0.25) is 0 Å². The molecule has 2 heterocycles. The highest BCUT2D eigenvalue weighted by molar-refractivity contribution is 4.97. The lowest BCUT2D eigenvalue weighted by Gasteiger charge is -2.49. The molecule has 0 aromatic heterocycles. The maximum Gasteiger partial charge on any atom is 0.170 e. The first kappa shape index (κ1) is 14.4. The third-order valence-electron chi connectivity index (χ3n) is 6.48. The zero-order chi connectivity index (χ0) is 14.3. The predicted octanol–water partition coefficient (Wildman–Crippen LogP) is 2.12. The van der Waals surface area contributed by atoms with E-state index in [0.29, 0.717) is 12.1 Å². The average Bonchev–Trinajstić information content (AvgIpc) is 2.98. The Balaban J connectivity index is 1.44. The maximum atomic E-state index is 6.48. The number of nitrogens with zero attached hydrogens (tertiary/aromatic N) is 1. The summed E-state index contributed by atoms with van der Waals surface area (Å²) < 4.78 is 11.9. The summed E-state index contributed by atoms with van der Waals surface area (Å²) in [5.41, 5.74) is 6.48. The molecule has 120 valence electrons. The number of nitrogens with two attached hydrogens (primary N) is 1. The van der Waals surface area contributed by atoms with E-state index in [2.05, 4.69) is 4.90 Å². The minimum Gasteiger partial charge on any atom is -0.347 e. The number of fused-ring (bicyclic) bond motifs is 1. The molecule has 0 radical (unpaired) electrons. The van der Waals surface area contributed by atoms with Gasteiger partial charge in [-0.25, -0.2) is 0 Å². The first-order valence-electron chi connectivity index (χ1n) is 9.03. The summed E-state index contributed by atoms with van der Waals surface area (Å²) in [5, 5.41) is 0. The van der Waals surface area contributed by atoms with Gasteiger partial charge in [-0.3, -0.25) is 4.90 Å². The minimum atomic E-state index is -0.302. The Bertz CT molecular complexity index is 370. The van der Waals surface area contributed by atoms with E-state index < -0.39 is 0 Å². The van der Waals surface area contributed by atoms with E-state index in [1.54, 1.807) is 0 Å². The molecule has 4 aliphatic rings. The van der Waals surface area contributed by atoms with Gasteiger partial charge in [-0.05, 0) is 37.6 Å². The highest BCUT2D eigenvalue weighted by atomic mass is 16.7. The molecule has 4 atom stereocenters. The standard InChI is InChI=1S/C17H30N2O2/c18-15-5-7-17(20-9-10-21-17)11-16(15)19-8-6-13-3-1-2-4-14(13)12-19/h13-16H,1-12,18H2. The number of rotatable bonds is 1. The van der Waals surface area contributed by atoms with Crippen molar-refractivity contribution in [1.82, 2.24) is 4.90 Å². The Morgan fingerprint density at radius 2 is 1.71 bits per heavy atom. The van der Waals surface area contributed by atoms with Gasteiger partial charge in [0.05, 0.1) is 13.2 Å². The fraction of sp³-hybridized carbons (Fsp3) is 1.00. The monoisotopic (exact) mass is 294 g/mol. The fourth-order valence-corrected chi connectivity index (χ4v) is 5.24. The second-order valence-corrected chi connectivity index (χ2v) is 7.67. The van der Waals surface area contributed by atoms with Crippen molar-refractivity contribution in [2.75, 3.05) is 26.3 Å². The highest BCUT2D eigenvalue weighted by Gasteiger charge is 2.47. The van der Waals surface area contributed by atoms with Gasteiger partial charge in [0.1, 0.15) is 0 Å². The Morgan fingerprint density at radius 1 is 0.952 bits per heavy atom. The quantitative estimate of drug-likeness (QED) is 0.805. The number of likely N-dealkylation sites (tertiary alicyclic amines) is 1. The molecule has 2 aliphatic heterocycles. The summed E-state index contributed by atoms with van der Waals surface area (Å²) in [6.45, 7) is 4.01. The molecule has 4 nitrogen and oxygen atoms in total. The first-order valence-corrected chi connectivity index (χ1v) is 9.03. The summed E-state index contributed by atoms with van der Waals surface area (Å²) in [6, 6.07) is 0.753. The van der Waals surface area contributed by atoms with Crippen LogP contribution in [0.3, 0.4) is 0 Å². The highest BCUT2D eigenvalue weighted by Crippen LogP contribution is 2.41. The Kier molecular flexibility index (Phi) is 3.99. The molecule has 2 saturated carbocycles. The fourth-order valence-electron chi connectivity index (χ4n) is 5.24. The minimum absolute atomic E-state index is 0.295. The van der Waals surface area contributed by atoms with Gasteiger partial charge in [0, 0.05) is 31.5 Å². The molecule has 21 heavy (non-hydrogen) atoms. The van der Waals surface area contributed by atoms with Crippen molar-refractivity contribution in [1.29, 1.82) is 0 Å². The molecule has 2 saturated heterocycles.